The normalized spacial score (nSPS) is 17.6. The van der Waals surface area contributed by atoms with Crippen LogP contribution in [0.25, 0.3) is 0 Å². The van der Waals surface area contributed by atoms with Gasteiger partial charge in [0.15, 0.2) is 0 Å². The largest absolute Gasteiger partial charge is 0.383 e. The Hall–Kier alpha value is -0.780. The van der Waals surface area contributed by atoms with Gasteiger partial charge in [0.05, 0.1) is 6.04 Å². The van der Waals surface area contributed by atoms with E-state index in [1.165, 1.54) is 0 Å². The van der Waals surface area contributed by atoms with Crippen LogP contribution in [0.5, 0.6) is 0 Å². The summed E-state index contributed by atoms with van der Waals surface area (Å²) in [4.78, 5) is 11.7. The van der Waals surface area contributed by atoms with Gasteiger partial charge < -0.3 is 16.0 Å². The number of amides is 1. The van der Waals surface area contributed by atoms with E-state index in [9.17, 15) is 4.79 Å². The van der Waals surface area contributed by atoms with E-state index >= 15 is 0 Å². The van der Waals surface area contributed by atoms with Gasteiger partial charge in [-0.1, -0.05) is 22.0 Å². The first-order chi connectivity index (χ1) is 8.75. The number of nitrogens with one attached hydrogen (secondary N) is 3. The van der Waals surface area contributed by atoms with Crippen molar-refractivity contribution in [1.82, 2.24) is 10.6 Å². The van der Waals surface area contributed by atoms with Crippen molar-refractivity contribution < 1.29 is 4.79 Å². The molecule has 106 valence electrons. The third-order valence-corrected chi connectivity index (χ3v) is 3.45. The van der Waals surface area contributed by atoms with Gasteiger partial charge in [-0.15, -0.1) is 12.4 Å². The molecular weight excluding hydrogens is 330 g/mol. The topological polar surface area (TPSA) is 53.2 Å². The van der Waals surface area contributed by atoms with Crippen molar-refractivity contribution in [3.05, 3.63) is 28.7 Å². The van der Waals surface area contributed by atoms with Crippen molar-refractivity contribution in [3.63, 3.8) is 0 Å². The van der Waals surface area contributed by atoms with Crippen LogP contribution in [0.1, 0.15) is 12.8 Å². The standard InChI is InChI=1S/C13H18BrN3O.ClH/c14-10-3-1-4-11(9-10)15-7-8-17-13(18)12-5-2-6-16-12;/h1,3-4,9,12,15-16H,2,5-8H2,(H,17,18);1H. The Balaban J connectivity index is 0.00000180. The molecule has 1 saturated heterocycles. The smallest absolute Gasteiger partial charge is 0.237 e. The molecular formula is C13H19BrClN3O. The second-order valence-electron chi connectivity index (χ2n) is 4.38. The monoisotopic (exact) mass is 347 g/mol. The number of carbonyl (C=O) groups is 1. The van der Waals surface area contributed by atoms with Crippen molar-refractivity contribution in [2.24, 2.45) is 0 Å². The molecule has 3 N–H and O–H groups in total. The highest BCUT2D eigenvalue weighted by molar-refractivity contribution is 9.10. The van der Waals surface area contributed by atoms with Crippen LogP contribution in [-0.2, 0) is 4.79 Å². The molecule has 0 bridgehead atoms. The first-order valence-electron chi connectivity index (χ1n) is 6.26. The number of anilines is 1. The average molecular weight is 349 g/mol. The number of hydrogen-bond acceptors (Lipinski definition) is 3. The molecule has 0 saturated carbocycles. The van der Waals surface area contributed by atoms with E-state index in [2.05, 4.69) is 31.9 Å². The average Bonchev–Trinajstić information content (AvgIpc) is 2.88. The summed E-state index contributed by atoms with van der Waals surface area (Å²) in [6, 6.07) is 7.99. The Morgan fingerprint density at radius 1 is 1.42 bits per heavy atom. The Morgan fingerprint density at radius 3 is 2.95 bits per heavy atom. The van der Waals surface area contributed by atoms with Crippen LogP contribution in [0.15, 0.2) is 28.7 Å². The number of carbonyl (C=O) groups excluding carboxylic acids is 1. The highest BCUT2D eigenvalue weighted by atomic mass is 79.9. The highest BCUT2D eigenvalue weighted by Crippen LogP contribution is 2.15. The highest BCUT2D eigenvalue weighted by Gasteiger charge is 2.20. The van der Waals surface area contributed by atoms with Crippen molar-refractivity contribution in [3.8, 4) is 0 Å². The minimum absolute atomic E-state index is 0. The zero-order valence-electron chi connectivity index (χ0n) is 10.6. The Morgan fingerprint density at radius 2 is 2.26 bits per heavy atom. The second kappa shape index (κ2) is 8.40. The van der Waals surface area contributed by atoms with Gasteiger partial charge in [0.2, 0.25) is 5.91 Å². The molecule has 1 aliphatic rings. The zero-order chi connectivity index (χ0) is 12.8. The predicted octanol–water partition coefficient (Wildman–Crippen LogP) is 2.15. The molecule has 0 aliphatic carbocycles. The van der Waals surface area contributed by atoms with Gasteiger partial charge in [0.25, 0.3) is 0 Å². The van der Waals surface area contributed by atoms with Gasteiger partial charge in [-0.05, 0) is 37.6 Å². The summed E-state index contributed by atoms with van der Waals surface area (Å²) in [5.74, 6) is 0.114. The van der Waals surface area contributed by atoms with E-state index < -0.39 is 0 Å². The van der Waals surface area contributed by atoms with E-state index in [0.29, 0.717) is 6.54 Å². The van der Waals surface area contributed by atoms with Crippen molar-refractivity contribution >= 4 is 39.9 Å². The van der Waals surface area contributed by atoms with Crippen LogP contribution in [0.3, 0.4) is 0 Å². The molecule has 1 fully saturated rings. The van der Waals surface area contributed by atoms with Gasteiger partial charge in [0.1, 0.15) is 0 Å². The summed E-state index contributed by atoms with van der Waals surface area (Å²) in [6.45, 7) is 2.33. The second-order valence-corrected chi connectivity index (χ2v) is 5.29. The quantitative estimate of drug-likeness (QED) is 0.715. The molecule has 0 radical (unpaired) electrons. The third-order valence-electron chi connectivity index (χ3n) is 2.95. The fourth-order valence-corrected chi connectivity index (χ4v) is 2.42. The van der Waals surface area contributed by atoms with Gasteiger partial charge in [-0.3, -0.25) is 4.79 Å². The molecule has 1 unspecified atom stereocenters. The summed E-state index contributed by atoms with van der Waals surface area (Å²) in [6.07, 6.45) is 2.04. The lowest BCUT2D eigenvalue weighted by Gasteiger charge is -2.12. The number of hydrogen-bond donors (Lipinski definition) is 3. The molecule has 4 nitrogen and oxygen atoms in total. The fourth-order valence-electron chi connectivity index (χ4n) is 2.02. The maximum Gasteiger partial charge on any atom is 0.237 e. The van der Waals surface area contributed by atoms with Crippen LogP contribution < -0.4 is 16.0 Å². The van der Waals surface area contributed by atoms with Crippen LogP contribution in [0, 0.1) is 0 Å². The zero-order valence-corrected chi connectivity index (χ0v) is 13.0. The lowest BCUT2D eigenvalue weighted by atomic mass is 10.2. The van der Waals surface area contributed by atoms with Crippen LogP contribution in [0.4, 0.5) is 5.69 Å². The Bertz CT molecular complexity index is 411. The maximum absolute atomic E-state index is 11.7. The number of benzene rings is 1. The molecule has 6 heteroatoms. The molecule has 1 aromatic carbocycles. The number of halogens is 2. The molecule has 19 heavy (non-hydrogen) atoms. The molecule has 1 amide bonds. The molecule has 0 aromatic heterocycles. The Kier molecular flexibility index (Phi) is 7.20. The minimum atomic E-state index is 0. The summed E-state index contributed by atoms with van der Waals surface area (Å²) in [7, 11) is 0. The molecule has 1 aromatic rings. The van der Waals surface area contributed by atoms with E-state index in [0.717, 1.165) is 36.1 Å². The third kappa shape index (κ3) is 5.38. The molecule has 2 rings (SSSR count). The molecule has 1 atom stereocenters. The summed E-state index contributed by atoms with van der Waals surface area (Å²) < 4.78 is 1.05. The van der Waals surface area contributed by atoms with Crippen LogP contribution in [-0.4, -0.2) is 31.6 Å². The van der Waals surface area contributed by atoms with Gasteiger partial charge in [-0.2, -0.15) is 0 Å². The summed E-state index contributed by atoms with van der Waals surface area (Å²) in [5, 5.41) is 9.38. The van der Waals surface area contributed by atoms with Crippen molar-refractivity contribution in [1.29, 1.82) is 0 Å². The number of rotatable bonds is 5. The molecule has 0 spiro atoms. The Labute approximate surface area is 128 Å². The lowest BCUT2D eigenvalue weighted by molar-refractivity contribution is -0.122. The first kappa shape index (κ1) is 16.3. The van der Waals surface area contributed by atoms with Gasteiger partial charge in [-0.25, -0.2) is 0 Å². The fraction of sp³-hybridized carbons (Fsp3) is 0.462. The van der Waals surface area contributed by atoms with Crippen molar-refractivity contribution in [2.45, 2.75) is 18.9 Å². The van der Waals surface area contributed by atoms with Gasteiger partial charge >= 0.3 is 0 Å². The van der Waals surface area contributed by atoms with Crippen molar-refractivity contribution in [2.75, 3.05) is 25.0 Å². The summed E-state index contributed by atoms with van der Waals surface area (Å²) in [5.41, 5.74) is 1.05. The predicted molar refractivity (Wildman–Crippen MR) is 83.9 cm³/mol. The molecule has 1 aliphatic heterocycles. The van der Waals surface area contributed by atoms with E-state index in [-0.39, 0.29) is 24.4 Å². The minimum Gasteiger partial charge on any atom is -0.383 e. The van der Waals surface area contributed by atoms with Gasteiger partial charge in [0, 0.05) is 23.2 Å². The molecule has 1 heterocycles. The maximum atomic E-state index is 11.7. The SMILES string of the molecule is Cl.O=C(NCCNc1cccc(Br)c1)C1CCCN1. The van der Waals surface area contributed by atoms with E-state index in [1.54, 1.807) is 0 Å². The van der Waals surface area contributed by atoms with Crippen LogP contribution >= 0.6 is 28.3 Å². The lowest BCUT2D eigenvalue weighted by Crippen LogP contribution is -2.42. The van der Waals surface area contributed by atoms with E-state index in [4.69, 9.17) is 0 Å². The summed E-state index contributed by atoms with van der Waals surface area (Å²) >= 11 is 3.42. The van der Waals surface area contributed by atoms with Crippen LogP contribution in [0.2, 0.25) is 0 Å². The first-order valence-corrected chi connectivity index (χ1v) is 7.05. The van der Waals surface area contributed by atoms with E-state index in [1.807, 2.05) is 24.3 Å².